The van der Waals surface area contributed by atoms with Crippen molar-refractivity contribution in [1.29, 1.82) is 0 Å². The molecule has 0 saturated carbocycles. The van der Waals surface area contributed by atoms with Crippen LogP contribution in [0.4, 0.5) is 0 Å². The van der Waals surface area contributed by atoms with Gasteiger partial charge in [0, 0.05) is 0 Å². The SMILES string of the molecule is CCC(C)CCC(C)CCCC(C)C(C)C. The highest BCUT2D eigenvalue weighted by Crippen LogP contribution is 2.22. The van der Waals surface area contributed by atoms with Gasteiger partial charge >= 0.3 is 0 Å². The predicted molar refractivity (Wildman–Crippen MR) is 75.7 cm³/mol. The lowest BCUT2D eigenvalue weighted by Crippen LogP contribution is -2.05. The minimum Gasteiger partial charge on any atom is -0.0651 e. The molecule has 98 valence electrons. The van der Waals surface area contributed by atoms with Gasteiger partial charge in [-0.1, -0.05) is 80.1 Å². The van der Waals surface area contributed by atoms with E-state index in [1.54, 1.807) is 0 Å². The quantitative estimate of drug-likeness (QED) is 0.458. The Morgan fingerprint density at radius 3 is 1.75 bits per heavy atom. The maximum atomic E-state index is 2.43. The zero-order chi connectivity index (χ0) is 12.6. The van der Waals surface area contributed by atoms with Crippen LogP contribution in [0.2, 0.25) is 0 Å². The topological polar surface area (TPSA) is 0 Å². The van der Waals surface area contributed by atoms with Crippen molar-refractivity contribution in [3.05, 3.63) is 0 Å². The molecule has 3 unspecified atom stereocenters. The molecule has 0 bridgehead atoms. The van der Waals surface area contributed by atoms with E-state index in [4.69, 9.17) is 0 Å². The van der Waals surface area contributed by atoms with E-state index in [9.17, 15) is 0 Å². The molecule has 0 radical (unpaired) electrons. The summed E-state index contributed by atoms with van der Waals surface area (Å²) >= 11 is 0. The molecular formula is C16H34. The zero-order valence-electron chi connectivity index (χ0n) is 12.6. The van der Waals surface area contributed by atoms with Crippen LogP contribution in [0, 0.1) is 23.7 Å². The molecule has 3 atom stereocenters. The Labute approximate surface area is 104 Å². The van der Waals surface area contributed by atoms with Crippen molar-refractivity contribution in [3.8, 4) is 0 Å². The van der Waals surface area contributed by atoms with Crippen LogP contribution in [0.25, 0.3) is 0 Å². The number of hydrogen-bond donors (Lipinski definition) is 0. The normalized spacial score (nSPS) is 17.4. The molecule has 0 aromatic carbocycles. The van der Waals surface area contributed by atoms with Gasteiger partial charge in [-0.25, -0.2) is 0 Å². The minimum absolute atomic E-state index is 0.857. The summed E-state index contributed by atoms with van der Waals surface area (Å²) < 4.78 is 0. The van der Waals surface area contributed by atoms with Crippen molar-refractivity contribution in [2.75, 3.05) is 0 Å². The van der Waals surface area contributed by atoms with E-state index in [-0.39, 0.29) is 0 Å². The Balaban J connectivity index is 3.47. The molecular weight excluding hydrogens is 192 g/mol. The average Bonchev–Trinajstić information content (AvgIpc) is 2.25. The fourth-order valence-electron chi connectivity index (χ4n) is 2.04. The Morgan fingerprint density at radius 2 is 1.25 bits per heavy atom. The van der Waals surface area contributed by atoms with Crippen LogP contribution in [0.1, 0.15) is 80.1 Å². The summed E-state index contributed by atoms with van der Waals surface area (Å²) in [5.74, 6) is 3.63. The molecule has 0 aliphatic rings. The molecule has 0 saturated heterocycles. The zero-order valence-corrected chi connectivity index (χ0v) is 12.6. The lowest BCUT2D eigenvalue weighted by atomic mass is 9.88. The summed E-state index contributed by atoms with van der Waals surface area (Å²) in [6.07, 6.45) is 8.50. The third-order valence-electron chi connectivity index (χ3n) is 4.34. The Hall–Kier alpha value is 0. The van der Waals surface area contributed by atoms with Crippen molar-refractivity contribution in [2.45, 2.75) is 80.1 Å². The average molecular weight is 226 g/mol. The van der Waals surface area contributed by atoms with Crippen LogP contribution >= 0.6 is 0 Å². The summed E-state index contributed by atoms with van der Waals surface area (Å²) in [7, 11) is 0. The Bertz CT molecular complexity index is 148. The minimum atomic E-state index is 0.857. The second-order valence-corrected chi connectivity index (χ2v) is 6.35. The predicted octanol–water partition coefficient (Wildman–Crippen LogP) is 5.91. The smallest absolute Gasteiger partial charge is 0.0420 e. The standard InChI is InChI=1S/C16H34/c1-7-14(4)11-12-15(5)9-8-10-16(6)13(2)3/h13-16H,7-12H2,1-6H3. The Kier molecular flexibility index (Phi) is 9.07. The highest BCUT2D eigenvalue weighted by atomic mass is 14.1. The molecule has 0 nitrogen and oxygen atoms in total. The highest BCUT2D eigenvalue weighted by molar-refractivity contribution is 4.61. The van der Waals surface area contributed by atoms with Gasteiger partial charge in [-0.05, 0) is 23.7 Å². The van der Waals surface area contributed by atoms with Gasteiger partial charge in [0.05, 0.1) is 0 Å². The summed E-state index contributed by atoms with van der Waals surface area (Å²) in [5, 5.41) is 0. The van der Waals surface area contributed by atoms with Gasteiger partial charge in [-0.2, -0.15) is 0 Å². The van der Waals surface area contributed by atoms with Gasteiger partial charge in [0.1, 0.15) is 0 Å². The molecule has 0 rings (SSSR count). The van der Waals surface area contributed by atoms with Crippen LogP contribution in [0.3, 0.4) is 0 Å². The van der Waals surface area contributed by atoms with Crippen molar-refractivity contribution < 1.29 is 0 Å². The third-order valence-corrected chi connectivity index (χ3v) is 4.34. The van der Waals surface area contributed by atoms with Gasteiger partial charge in [-0.15, -0.1) is 0 Å². The second kappa shape index (κ2) is 9.07. The summed E-state index contributed by atoms with van der Waals surface area (Å²) in [4.78, 5) is 0. The summed E-state index contributed by atoms with van der Waals surface area (Å²) in [5.41, 5.74) is 0. The van der Waals surface area contributed by atoms with Crippen LogP contribution in [0.5, 0.6) is 0 Å². The molecule has 0 aliphatic carbocycles. The molecule has 0 N–H and O–H groups in total. The van der Waals surface area contributed by atoms with Gasteiger partial charge in [0.25, 0.3) is 0 Å². The monoisotopic (exact) mass is 226 g/mol. The molecule has 0 aromatic rings. The fourth-order valence-corrected chi connectivity index (χ4v) is 2.04. The molecule has 0 fully saturated rings. The first-order valence-electron chi connectivity index (χ1n) is 7.47. The van der Waals surface area contributed by atoms with E-state index >= 15 is 0 Å². The second-order valence-electron chi connectivity index (χ2n) is 6.35. The van der Waals surface area contributed by atoms with Crippen molar-refractivity contribution in [3.63, 3.8) is 0 Å². The molecule has 16 heavy (non-hydrogen) atoms. The van der Waals surface area contributed by atoms with E-state index in [0.717, 1.165) is 23.7 Å². The van der Waals surface area contributed by atoms with Crippen molar-refractivity contribution in [1.82, 2.24) is 0 Å². The van der Waals surface area contributed by atoms with E-state index in [1.165, 1.54) is 38.5 Å². The molecule has 0 aromatic heterocycles. The van der Waals surface area contributed by atoms with Crippen molar-refractivity contribution in [2.24, 2.45) is 23.7 Å². The van der Waals surface area contributed by atoms with Crippen LogP contribution in [-0.2, 0) is 0 Å². The first kappa shape index (κ1) is 16.0. The largest absolute Gasteiger partial charge is 0.0651 e. The van der Waals surface area contributed by atoms with Crippen LogP contribution < -0.4 is 0 Å². The number of hydrogen-bond acceptors (Lipinski definition) is 0. The third kappa shape index (κ3) is 8.19. The van der Waals surface area contributed by atoms with Crippen molar-refractivity contribution >= 4 is 0 Å². The molecule has 0 spiro atoms. The van der Waals surface area contributed by atoms with Gasteiger partial charge in [0.15, 0.2) is 0 Å². The molecule has 0 heteroatoms. The lowest BCUT2D eigenvalue weighted by molar-refractivity contribution is 0.345. The summed E-state index contributed by atoms with van der Waals surface area (Å²) in [6, 6.07) is 0. The molecule has 0 heterocycles. The van der Waals surface area contributed by atoms with Gasteiger partial charge in [-0.3, -0.25) is 0 Å². The van der Waals surface area contributed by atoms with Crippen LogP contribution in [-0.4, -0.2) is 0 Å². The first-order valence-corrected chi connectivity index (χ1v) is 7.47. The lowest BCUT2D eigenvalue weighted by Gasteiger charge is -2.18. The summed E-state index contributed by atoms with van der Waals surface area (Å²) in [6.45, 7) is 14.2. The van der Waals surface area contributed by atoms with E-state index in [1.807, 2.05) is 0 Å². The van der Waals surface area contributed by atoms with Gasteiger partial charge in [0.2, 0.25) is 0 Å². The van der Waals surface area contributed by atoms with E-state index < -0.39 is 0 Å². The Morgan fingerprint density at radius 1 is 0.688 bits per heavy atom. The van der Waals surface area contributed by atoms with E-state index in [2.05, 4.69) is 41.5 Å². The maximum Gasteiger partial charge on any atom is -0.0420 e. The molecule has 0 amide bonds. The fraction of sp³-hybridized carbons (Fsp3) is 1.00. The van der Waals surface area contributed by atoms with Gasteiger partial charge < -0.3 is 0 Å². The first-order chi connectivity index (χ1) is 7.47. The highest BCUT2D eigenvalue weighted by Gasteiger charge is 2.09. The maximum absolute atomic E-state index is 2.43. The van der Waals surface area contributed by atoms with E-state index in [0.29, 0.717) is 0 Å². The molecule has 0 aliphatic heterocycles. The number of rotatable bonds is 9. The van der Waals surface area contributed by atoms with Crippen LogP contribution in [0.15, 0.2) is 0 Å².